The highest BCUT2D eigenvalue weighted by molar-refractivity contribution is 7.91. The van der Waals surface area contributed by atoms with E-state index in [9.17, 15) is 13.5 Å². The van der Waals surface area contributed by atoms with Gasteiger partial charge in [-0.15, -0.1) is 0 Å². The van der Waals surface area contributed by atoms with Gasteiger partial charge in [0.15, 0.2) is 0 Å². The molecule has 1 saturated heterocycles. The van der Waals surface area contributed by atoms with Crippen LogP contribution in [-0.2, 0) is 16.8 Å². The zero-order chi connectivity index (χ0) is 21.3. The Balaban J connectivity index is 1.47. The Hall–Kier alpha value is -2.87. The maximum absolute atomic E-state index is 12.0. The largest absolute Gasteiger partial charge is 0.489 e. The molecule has 1 aliphatic rings. The molecule has 0 spiro atoms. The van der Waals surface area contributed by atoms with Gasteiger partial charge in [-0.2, -0.15) is 13.1 Å². The number of nitrogens with one attached hydrogen (secondary N) is 1. The molecule has 156 valence electrons. The van der Waals surface area contributed by atoms with Crippen LogP contribution in [0.3, 0.4) is 0 Å². The summed E-state index contributed by atoms with van der Waals surface area (Å²) in [5, 5.41) is 9.54. The fourth-order valence-electron chi connectivity index (χ4n) is 3.73. The Morgan fingerprint density at radius 2 is 1.70 bits per heavy atom. The normalized spacial score (nSPS) is 17.8. The van der Waals surface area contributed by atoms with Crippen LogP contribution in [0.2, 0.25) is 0 Å². The second kappa shape index (κ2) is 8.10. The van der Waals surface area contributed by atoms with Crippen LogP contribution in [0, 0.1) is 13.8 Å². The number of hydrogen-bond donors (Lipinski definition) is 2. The minimum atomic E-state index is -3.70. The highest BCUT2D eigenvalue weighted by Crippen LogP contribution is 2.28. The van der Waals surface area contributed by atoms with E-state index in [1.54, 1.807) is 24.3 Å². The van der Waals surface area contributed by atoms with Crippen LogP contribution in [0.5, 0.6) is 5.75 Å². The third-order valence-corrected chi connectivity index (χ3v) is 6.65. The summed E-state index contributed by atoms with van der Waals surface area (Å²) < 4.78 is 33.2. The van der Waals surface area contributed by atoms with Crippen molar-refractivity contribution in [2.75, 3.05) is 10.8 Å². The van der Waals surface area contributed by atoms with Gasteiger partial charge in [0.05, 0.1) is 12.2 Å². The van der Waals surface area contributed by atoms with Gasteiger partial charge in [0, 0.05) is 0 Å². The van der Waals surface area contributed by atoms with Crippen LogP contribution < -0.4 is 13.8 Å². The van der Waals surface area contributed by atoms with Crippen molar-refractivity contribution in [2.45, 2.75) is 26.7 Å². The van der Waals surface area contributed by atoms with E-state index in [2.05, 4.69) is 48.9 Å². The lowest BCUT2D eigenvalue weighted by Crippen LogP contribution is -2.29. The van der Waals surface area contributed by atoms with E-state index in [0.29, 0.717) is 18.0 Å². The smallest absolute Gasteiger partial charge is 0.303 e. The summed E-state index contributed by atoms with van der Waals surface area (Å²) in [5.41, 5.74) is 6.40. The molecule has 0 aromatic heterocycles. The first-order valence-electron chi connectivity index (χ1n) is 9.70. The average molecular weight is 425 g/mol. The highest BCUT2D eigenvalue weighted by Gasteiger charge is 2.34. The number of rotatable bonds is 5. The molecule has 0 radical (unpaired) electrons. The SMILES string of the molecule is Cc1cccc(C)c1-c1cccc(COc2ccc(N3CC(O)NS3(=O)=O)cc2)c1. The first kappa shape index (κ1) is 20.4. The quantitative estimate of drug-likeness (QED) is 0.657. The Bertz CT molecular complexity index is 1140. The number of benzene rings is 3. The minimum absolute atomic E-state index is 0.0202. The maximum Gasteiger partial charge on any atom is 0.303 e. The number of anilines is 1. The second-order valence-corrected chi connectivity index (χ2v) is 9.05. The Labute approximate surface area is 176 Å². The number of aliphatic hydroxyl groups excluding tert-OH is 1. The number of aryl methyl sites for hydroxylation is 2. The third-order valence-electron chi connectivity index (χ3n) is 5.14. The fourth-order valence-corrected chi connectivity index (χ4v) is 5.02. The van der Waals surface area contributed by atoms with Crippen molar-refractivity contribution in [2.24, 2.45) is 0 Å². The van der Waals surface area contributed by atoms with Crippen molar-refractivity contribution >= 4 is 15.9 Å². The lowest BCUT2D eigenvalue weighted by atomic mass is 9.95. The van der Waals surface area contributed by atoms with Crippen LogP contribution in [0.25, 0.3) is 11.1 Å². The standard InChI is InChI=1S/C23H24N2O4S/c1-16-5-3-6-17(2)23(16)19-8-4-7-18(13-19)15-29-21-11-9-20(10-12-21)25-14-22(26)24-30(25,27)28/h3-13,22,24,26H,14-15H2,1-2H3. The van der Waals surface area contributed by atoms with E-state index in [0.717, 1.165) is 15.4 Å². The lowest BCUT2D eigenvalue weighted by Gasteiger charge is -2.16. The van der Waals surface area contributed by atoms with Crippen molar-refractivity contribution < 1.29 is 18.3 Å². The van der Waals surface area contributed by atoms with Gasteiger partial charge in [-0.3, -0.25) is 4.31 Å². The molecule has 2 N–H and O–H groups in total. The van der Waals surface area contributed by atoms with Crippen molar-refractivity contribution in [3.8, 4) is 16.9 Å². The summed E-state index contributed by atoms with van der Waals surface area (Å²) in [4.78, 5) is 0. The van der Waals surface area contributed by atoms with E-state index >= 15 is 0 Å². The molecule has 1 aliphatic heterocycles. The number of aliphatic hydroxyl groups is 1. The van der Waals surface area contributed by atoms with Gasteiger partial charge in [0.1, 0.15) is 18.6 Å². The molecule has 6 nitrogen and oxygen atoms in total. The van der Waals surface area contributed by atoms with Crippen molar-refractivity contribution in [3.63, 3.8) is 0 Å². The molecule has 1 heterocycles. The number of nitrogens with zero attached hydrogens (tertiary/aromatic N) is 1. The van der Waals surface area contributed by atoms with Crippen LogP contribution in [0.15, 0.2) is 66.7 Å². The Morgan fingerprint density at radius 1 is 1.03 bits per heavy atom. The molecule has 4 rings (SSSR count). The first-order chi connectivity index (χ1) is 14.3. The van der Waals surface area contributed by atoms with Gasteiger partial charge in [-0.05, 0) is 72.0 Å². The molecule has 0 aliphatic carbocycles. The number of ether oxygens (including phenoxy) is 1. The molecule has 1 atom stereocenters. The topological polar surface area (TPSA) is 78.9 Å². The fraction of sp³-hybridized carbons (Fsp3) is 0.217. The summed E-state index contributed by atoms with van der Waals surface area (Å²) in [7, 11) is -3.70. The molecule has 7 heteroatoms. The third kappa shape index (κ3) is 4.18. The average Bonchev–Trinajstić information content (AvgIpc) is 2.99. The van der Waals surface area contributed by atoms with E-state index in [1.165, 1.54) is 16.7 Å². The van der Waals surface area contributed by atoms with Gasteiger partial charge in [-0.1, -0.05) is 36.4 Å². The molecule has 0 bridgehead atoms. The minimum Gasteiger partial charge on any atom is -0.489 e. The molecule has 0 amide bonds. The Morgan fingerprint density at radius 3 is 2.33 bits per heavy atom. The van der Waals surface area contributed by atoms with Crippen molar-refractivity contribution in [1.29, 1.82) is 0 Å². The van der Waals surface area contributed by atoms with Gasteiger partial charge >= 0.3 is 10.2 Å². The molecule has 3 aromatic carbocycles. The van der Waals surface area contributed by atoms with Crippen LogP contribution in [0.4, 0.5) is 5.69 Å². The van der Waals surface area contributed by atoms with Crippen LogP contribution in [0.1, 0.15) is 16.7 Å². The molecule has 1 fully saturated rings. The monoisotopic (exact) mass is 424 g/mol. The molecule has 1 unspecified atom stereocenters. The number of β-amino-alcohol motifs (C(OH)–C–C–N with tert-alkyl or cyclic N) is 1. The van der Waals surface area contributed by atoms with E-state index in [4.69, 9.17) is 4.74 Å². The predicted octanol–water partition coefficient (Wildman–Crippen LogP) is 3.52. The summed E-state index contributed by atoms with van der Waals surface area (Å²) >= 11 is 0. The van der Waals surface area contributed by atoms with E-state index in [-0.39, 0.29) is 6.54 Å². The van der Waals surface area contributed by atoms with Crippen molar-refractivity contribution in [3.05, 3.63) is 83.4 Å². The summed E-state index contributed by atoms with van der Waals surface area (Å²) in [5.74, 6) is 0.640. The Kier molecular flexibility index (Phi) is 5.51. The molecular weight excluding hydrogens is 400 g/mol. The van der Waals surface area contributed by atoms with Crippen LogP contribution in [-0.4, -0.2) is 26.3 Å². The molecule has 3 aromatic rings. The predicted molar refractivity (Wildman–Crippen MR) is 118 cm³/mol. The zero-order valence-corrected chi connectivity index (χ0v) is 17.7. The second-order valence-electron chi connectivity index (χ2n) is 7.42. The summed E-state index contributed by atoms with van der Waals surface area (Å²) in [6, 6.07) is 21.4. The summed E-state index contributed by atoms with van der Waals surface area (Å²) in [6.07, 6.45) is -1.10. The molecular formula is C23H24N2O4S. The first-order valence-corrected chi connectivity index (χ1v) is 11.1. The number of hydrogen-bond acceptors (Lipinski definition) is 4. The van der Waals surface area contributed by atoms with E-state index in [1.807, 2.05) is 12.1 Å². The van der Waals surface area contributed by atoms with Gasteiger partial charge in [0.25, 0.3) is 0 Å². The highest BCUT2D eigenvalue weighted by atomic mass is 32.2. The maximum atomic E-state index is 12.0. The van der Waals surface area contributed by atoms with Gasteiger partial charge < -0.3 is 9.84 Å². The van der Waals surface area contributed by atoms with Gasteiger partial charge in [0.2, 0.25) is 0 Å². The van der Waals surface area contributed by atoms with E-state index < -0.39 is 16.4 Å². The van der Waals surface area contributed by atoms with Gasteiger partial charge in [-0.25, -0.2) is 0 Å². The van der Waals surface area contributed by atoms with Crippen molar-refractivity contribution in [1.82, 2.24) is 4.72 Å². The lowest BCUT2D eigenvalue weighted by molar-refractivity contribution is 0.183. The molecule has 0 saturated carbocycles. The molecule has 30 heavy (non-hydrogen) atoms. The van der Waals surface area contributed by atoms with Crippen LogP contribution >= 0.6 is 0 Å². The zero-order valence-electron chi connectivity index (χ0n) is 16.9. The summed E-state index contributed by atoms with van der Waals surface area (Å²) in [6.45, 7) is 4.61.